The van der Waals surface area contributed by atoms with Crippen LogP contribution in [0.25, 0.3) is 11.3 Å². The van der Waals surface area contributed by atoms with Gasteiger partial charge in [-0.15, -0.1) is 0 Å². The highest BCUT2D eigenvalue weighted by Crippen LogP contribution is 2.43. The molecule has 5 heteroatoms. The molecule has 0 aliphatic heterocycles. The third-order valence-electron chi connectivity index (χ3n) is 3.73. The minimum Gasteiger partial charge on any atom is -0.383 e. The Kier molecular flexibility index (Phi) is 3.66. The van der Waals surface area contributed by atoms with Crippen molar-refractivity contribution in [1.29, 1.82) is 0 Å². The van der Waals surface area contributed by atoms with Crippen molar-refractivity contribution in [3.63, 3.8) is 0 Å². The summed E-state index contributed by atoms with van der Waals surface area (Å²) in [5.74, 6) is 1.99. The molecule has 1 aromatic heterocycles. The summed E-state index contributed by atoms with van der Waals surface area (Å²) in [5, 5.41) is 0.346. The number of nitrogens with zero attached hydrogens (tertiary/aromatic N) is 2. The number of aromatic nitrogens is 2. The summed E-state index contributed by atoms with van der Waals surface area (Å²) in [4.78, 5) is 4.63. The van der Waals surface area contributed by atoms with Gasteiger partial charge in [-0.3, -0.25) is 0 Å². The largest absolute Gasteiger partial charge is 0.383 e. The molecule has 0 radical (unpaired) electrons. The van der Waals surface area contributed by atoms with E-state index < -0.39 is 0 Å². The van der Waals surface area contributed by atoms with Crippen molar-refractivity contribution in [2.75, 3.05) is 5.73 Å². The van der Waals surface area contributed by atoms with Crippen LogP contribution in [0.2, 0.25) is 5.02 Å². The monoisotopic (exact) mass is 307 g/mol. The Balaban J connectivity index is 2.15. The number of nitrogens with two attached hydrogens (primary N) is 1. The minimum absolute atomic E-state index is 0.307. The van der Waals surface area contributed by atoms with Gasteiger partial charge in [0.25, 0.3) is 0 Å². The van der Waals surface area contributed by atoms with E-state index in [4.69, 9.17) is 17.3 Å². The minimum atomic E-state index is -0.384. The molecule has 0 spiro atoms. The second kappa shape index (κ2) is 5.34. The van der Waals surface area contributed by atoms with Gasteiger partial charge in [0.05, 0.1) is 10.6 Å². The molecular weight excluding hydrogens is 289 g/mol. The van der Waals surface area contributed by atoms with Crippen LogP contribution in [0.1, 0.15) is 38.4 Å². The molecule has 0 unspecified atom stereocenters. The molecule has 1 saturated carbocycles. The summed E-state index contributed by atoms with van der Waals surface area (Å²) in [6.45, 7) is 5.05. The number of imidazole rings is 1. The van der Waals surface area contributed by atoms with Gasteiger partial charge < -0.3 is 10.3 Å². The van der Waals surface area contributed by atoms with Crippen LogP contribution < -0.4 is 5.73 Å². The lowest BCUT2D eigenvalue weighted by Gasteiger charge is -2.12. The molecule has 1 fully saturated rings. The first-order valence-corrected chi connectivity index (χ1v) is 7.67. The average molecular weight is 308 g/mol. The molecule has 1 aliphatic carbocycles. The van der Waals surface area contributed by atoms with E-state index in [1.807, 2.05) is 4.57 Å². The summed E-state index contributed by atoms with van der Waals surface area (Å²) >= 11 is 6.15. The fourth-order valence-corrected chi connectivity index (χ4v) is 2.85. The maximum Gasteiger partial charge on any atom is 0.134 e. The fourth-order valence-electron chi connectivity index (χ4n) is 2.60. The van der Waals surface area contributed by atoms with Crippen LogP contribution in [-0.2, 0) is 6.54 Å². The van der Waals surface area contributed by atoms with Gasteiger partial charge >= 0.3 is 0 Å². The molecule has 21 heavy (non-hydrogen) atoms. The van der Waals surface area contributed by atoms with Gasteiger partial charge in [0.2, 0.25) is 0 Å². The van der Waals surface area contributed by atoms with Gasteiger partial charge in [-0.2, -0.15) is 0 Å². The first-order valence-electron chi connectivity index (χ1n) is 7.29. The zero-order valence-electron chi connectivity index (χ0n) is 12.2. The molecule has 0 saturated heterocycles. The van der Waals surface area contributed by atoms with Crippen molar-refractivity contribution >= 4 is 17.4 Å². The van der Waals surface area contributed by atoms with E-state index in [1.54, 1.807) is 12.1 Å². The molecule has 0 amide bonds. The third kappa shape index (κ3) is 2.64. The highest BCUT2D eigenvalue weighted by Gasteiger charge is 2.32. The van der Waals surface area contributed by atoms with Crippen LogP contribution in [-0.4, -0.2) is 9.55 Å². The highest BCUT2D eigenvalue weighted by molar-refractivity contribution is 6.33. The summed E-state index contributed by atoms with van der Waals surface area (Å²) in [6, 6.07) is 4.64. The quantitative estimate of drug-likeness (QED) is 0.906. The predicted octanol–water partition coefficient (Wildman–Crippen LogP) is 4.46. The second-order valence-corrected chi connectivity index (χ2v) is 6.49. The van der Waals surface area contributed by atoms with Crippen LogP contribution in [0, 0.1) is 11.7 Å². The van der Waals surface area contributed by atoms with Gasteiger partial charge in [-0.05, 0) is 30.9 Å². The van der Waals surface area contributed by atoms with Gasteiger partial charge in [0.15, 0.2) is 0 Å². The predicted molar refractivity (Wildman–Crippen MR) is 83.9 cm³/mol. The molecule has 2 N–H and O–H groups in total. The zero-order valence-corrected chi connectivity index (χ0v) is 13.0. The van der Waals surface area contributed by atoms with Crippen molar-refractivity contribution < 1.29 is 4.39 Å². The molecule has 1 aliphatic rings. The van der Waals surface area contributed by atoms with Gasteiger partial charge in [-0.1, -0.05) is 31.5 Å². The molecule has 1 heterocycles. The maximum atomic E-state index is 14.1. The molecule has 1 aromatic carbocycles. The average Bonchev–Trinajstić information content (AvgIpc) is 3.19. The van der Waals surface area contributed by atoms with Crippen molar-refractivity contribution in [2.45, 2.75) is 39.2 Å². The number of benzene rings is 1. The Morgan fingerprint density at radius 2 is 2.14 bits per heavy atom. The summed E-state index contributed by atoms with van der Waals surface area (Å²) in [5.41, 5.74) is 7.04. The SMILES string of the molecule is CC(C)Cn1c(C2CC2)nc(-c2c(F)cccc2Cl)c1N. The lowest BCUT2D eigenvalue weighted by atomic mass is 10.1. The lowest BCUT2D eigenvalue weighted by molar-refractivity contribution is 0.512. The zero-order chi connectivity index (χ0) is 15.1. The van der Waals surface area contributed by atoms with Crippen molar-refractivity contribution in [3.8, 4) is 11.3 Å². The van der Waals surface area contributed by atoms with Gasteiger partial charge in [-0.25, -0.2) is 9.37 Å². The van der Waals surface area contributed by atoms with Gasteiger partial charge in [0, 0.05) is 12.5 Å². The molecule has 2 aromatic rings. The van der Waals surface area contributed by atoms with E-state index in [9.17, 15) is 4.39 Å². The molecule has 112 valence electrons. The summed E-state index contributed by atoms with van der Waals surface area (Å²) < 4.78 is 16.2. The number of halogens is 2. The Hall–Kier alpha value is -1.55. The lowest BCUT2D eigenvalue weighted by Crippen LogP contribution is -2.11. The van der Waals surface area contributed by atoms with Gasteiger partial charge in [0.1, 0.15) is 23.2 Å². The normalized spacial score (nSPS) is 14.9. The Morgan fingerprint density at radius 3 is 2.71 bits per heavy atom. The van der Waals surface area contributed by atoms with E-state index in [1.165, 1.54) is 6.07 Å². The van der Waals surface area contributed by atoms with Crippen LogP contribution in [0.5, 0.6) is 0 Å². The van der Waals surface area contributed by atoms with Crippen molar-refractivity contribution in [3.05, 3.63) is 34.9 Å². The fraction of sp³-hybridized carbons (Fsp3) is 0.438. The molecular formula is C16H19ClFN3. The molecule has 3 nitrogen and oxygen atoms in total. The van der Waals surface area contributed by atoms with E-state index in [-0.39, 0.29) is 5.82 Å². The number of nitrogen functional groups attached to an aromatic ring is 1. The molecule has 3 rings (SSSR count). The van der Waals surface area contributed by atoms with Crippen molar-refractivity contribution in [2.24, 2.45) is 5.92 Å². The molecule has 0 atom stereocenters. The number of rotatable bonds is 4. The second-order valence-electron chi connectivity index (χ2n) is 6.08. The van der Waals surface area contributed by atoms with Crippen molar-refractivity contribution in [1.82, 2.24) is 9.55 Å². The summed E-state index contributed by atoms with van der Waals surface area (Å²) in [7, 11) is 0. The van der Waals surface area contributed by atoms with E-state index >= 15 is 0 Å². The van der Waals surface area contributed by atoms with Crippen LogP contribution in [0.3, 0.4) is 0 Å². The Labute approximate surface area is 128 Å². The third-order valence-corrected chi connectivity index (χ3v) is 4.04. The standard InChI is InChI=1S/C16H19ClFN3/c1-9(2)8-21-15(19)14(20-16(21)10-6-7-10)13-11(17)4-3-5-12(13)18/h3-5,9-10H,6-8,19H2,1-2H3. The Morgan fingerprint density at radius 1 is 1.43 bits per heavy atom. The van der Waals surface area contributed by atoms with Crippen LogP contribution in [0.15, 0.2) is 18.2 Å². The van der Waals surface area contributed by atoms with Crippen LogP contribution in [0.4, 0.5) is 10.2 Å². The van der Waals surface area contributed by atoms with E-state index in [0.717, 1.165) is 25.2 Å². The number of hydrogen-bond acceptors (Lipinski definition) is 2. The van der Waals surface area contributed by atoms with E-state index in [0.29, 0.717) is 33.9 Å². The highest BCUT2D eigenvalue weighted by atomic mass is 35.5. The first kappa shape index (κ1) is 14.4. The van der Waals surface area contributed by atoms with E-state index in [2.05, 4.69) is 18.8 Å². The first-order chi connectivity index (χ1) is 9.99. The molecule has 0 bridgehead atoms. The summed E-state index contributed by atoms with van der Waals surface area (Å²) in [6.07, 6.45) is 2.25. The Bertz CT molecular complexity index is 654. The number of hydrogen-bond donors (Lipinski definition) is 1. The maximum absolute atomic E-state index is 14.1. The number of anilines is 1. The van der Waals surface area contributed by atoms with Crippen LogP contribution >= 0.6 is 11.6 Å². The smallest absolute Gasteiger partial charge is 0.134 e. The topological polar surface area (TPSA) is 43.8 Å².